The summed E-state index contributed by atoms with van der Waals surface area (Å²) >= 11 is 0. The van der Waals surface area contributed by atoms with Gasteiger partial charge in [-0.2, -0.15) is 18.4 Å². The molecule has 30 heavy (non-hydrogen) atoms. The fourth-order valence-electron chi connectivity index (χ4n) is 4.78. The van der Waals surface area contributed by atoms with Crippen LogP contribution >= 0.6 is 0 Å². The van der Waals surface area contributed by atoms with E-state index >= 15 is 0 Å². The molecule has 11 heteroatoms. The molecule has 4 rings (SSSR count). The first-order valence-electron chi connectivity index (χ1n) is 8.62. The van der Waals surface area contributed by atoms with Gasteiger partial charge in [0, 0.05) is 0 Å². The van der Waals surface area contributed by atoms with Crippen molar-refractivity contribution in [3.05, 3.63) is 40.7 Å². The highest BCUT2D eigenvalue weighted by Gasteiger charge is 2.74. The molecule has 0 aliphatic carbocycles. The predicted octanol–water partition coefficient (Wildman–Crippen LogP) is 2.39. The van der Waals surface area contributed by atoms with Crippen molar-refractivity contribution in [2.45, 2.75) is 31.2 Å². The molecule has 2 saturated heterocycles. The van der Waals surface area contributed by atoms with Gasteiger partial charge in [0.05, 0.1) is 40.3 Å². The molecule has 3 aliphatic rings. The predicted molar refractivity (Wildman–Crippen MR) is 89.2 cm³/mol. The maximum Gasteiger partial charge on any atom is 0.420 e. The van der Waals surface area contributed by atoms with Gasteiger partial charge in [-0.1, -0.05) is 0 Å². The van der Waals surface area contributed by atoms with Crippen LogP contribution in [-0.2, 0) is 25.3 Å². The van der Waals surface area contributed by atoms with Gasteiger partial charge in [-0.05, 0) is 32.1 Å². The molecule has 1 N–H and O–H groups in total. The molecule has 0 radical (unpaired) electrons. The molecule has 7 nitrogen and oxygen atoms in total. The number of benzene rings is 1. The number of carbonyl (C=O) groups is 3. The van der Waals surface area contributed by atoms with E-state index < -0.39 is 69.6 Å². The molecule has 0 aromatic heterocycles. The number of hydrogen-bond donors (Lipinski definition) is 1. The number of amides is 2. The van der Waals surface area contributed by atoms with Crippen LogP contribution in [0.3, 0.4) is 0 Å². The number of nitrogens with zero attached hydrogens (tertiary/aromatic N) is 2. The molecule has 3 heterocycles. The van der Waals surface area contributed by atoms with Crippen molar-refractivity contribution in [1.82, 2.24) is 0 Å². The van der Waals surface area contributed by atoms with E-state index in [1.165, 1.54) is 26.0 Å². The molecule has 2 amide bonds. The van der Waals surface area contributed by atoms with Crippen molar-refractivity contribution in [3.63, 3.8) is 0 Å². The third-order valence-electron chi connectivity index (χ3n) is 5.91. The summed E-state index contributed by atoms with van der Waals surface area (Å²) in [4.78, 5) is 37.9. The summed E-state index contributed by atoms with van der Waals surface area (Å²) in [6.07, 6.45) is -4.05. The lowest BCUT2D eigenvalue weighted by atomic mass is 9.69. The zero-order valence-corrected chi connectivity index (χ0v) is 15.4. The van der Waals surface area contributed by atoms with E-state index in [1.54, 1.807) is 0 Å². The summed E-state index contributed by atoms with van der Waals surface area (Å²) in [6, 6.07) is 2.66. The Balaban J connectivity index is 1.87. The second-order valence-electron chi connectivity index (χ2n) is 7.65. The number of carboxylic acids is 1. The summed E-state index contributed by atoms with van der Waals surface area (Å²) in [6.45, 7) is 2.69. The fourth-order valence-corrected chi connectivity index (χ4v) is 4.78. The highest BCUT2D eigenvalue weighted by atomic mass is 19.4. The molecule has 3 aliphatic heterocycles. The van der Waals surface area contributed by atoms with Gasteiger partial charge in [0.1, 0.15) is 11.2 Å². The van der Waals surface area contributed by atoms with Gasteiger partial charge in [0.15, 0.2) is 5.82 Å². The van der Waals surface area contributed by atoms with Crippen LogP contribution < -0.4 is 4.90 Å². The van der Waals surface area contributed by atoms with Crippen molar-refractivity contribution in [2.75, 3.05) is 4.90 Å². The van der Waals surface area contributed by atoms with Gasteiger partial charge in [0.2, 0.25) is 11.8 Å². The molecule has 0 unspecified atom stereocenters. The van der Waals surface area contributed by atoms with E-state index in [0.29, 0.717) is 11.0 Å². The van der Waals surface area contributed by atoms with E-state index in [-0.39, 0.29) is 5.57 Å². The van der Waals surface area contributed by atoms with Gasteiger partial charge in [-0.25, -0.2) is 14.1 Å². The van der Waals surface area contributed by atoms with Crippen molar-refractivity contribution in [1.29, 1.82) is 5.26 Å². The van der Waals surface area contributed by atoms with Crippen molar-refractivity contribution in [3.8, 4) is 6.07 Å². The average molecular weight is 424 g/mol. The molecule has 1 aromatic carbocycles. The second kappa shape index (κ2) is 5.66. The van der Waals surface area contributed by atoms with Crippen LogP contribution in [-0.4, -0.2) is 34.1 Å². The molecule has 156 valence electrons. The highest BCUT2D eigenvalue weighted by molar-refractivity contribution is 6.24. The lowest BCUT2D eigenvalue weighted by Gasteiger charge is -2.28. The zero-order chi connectivity index (χ0) is 22.4. The Morgan fingerprint density at radius 1 is 1.23 bits per heavy atom. The topological polar surface area (TPSA) is 108 Å². The monoisotopic (exact) mass is 424 g/mol. The Kier molecular flexibility index (Phi) is 3.78. The number of anilines is 1. The molecule has 4 atom stereocenters. The van der Waals surface area contributed by atoms with Crippen LogP contribution in [0.25, 0.3) is 0 Å². The summed E-state index contributed by atoms with van der Waals surface area (Å²) in [5, 5.41) is 18.3. The molecule has 0 saturated carbocycles. The normalized spacial score (nSPS) is 32.3. The second-order valence-corrected chi connectivity index (χ2v) is 7.65. The van der Waals surface area contributed by atoms with Crippen LogP contribution in [0.1, 0.15) is 25.0 Å². The van der Waals surface area contributed by atoms with E-state index in [0.717, 1.165) is 6.07 Å². The summed E-state index contributed by atoms with van der Waals surface area (Å²) in [5.41, 5.74) is -7.30. The first kappa shape index (κ1) is 20.0. The van der Waals surface area contributed by atoms with Crippen molar-refractivity contribution < 1.29 is 41.8 Å². The molecule has 1 aromatic rings. The minimum Gasteiger partial charge on any atom is -0.478 e. The number of carboxylic acid groups (broad SMARTS) is 1. The number of fused-ring (bicyclic) bond motifs is 5. The highest BCUT2D eigenvalue weighted by Crippen LogP contribution is 2.60. The molecule has 2 bridgehead atoms. The van der Waals surface area contributed by atoms with Crippen LogP contribution in [0, 0.1) is 29.0 Å². The Labute approximate surface area is 166 Å². The number of rotatable bonds is 2. The number of aliphatic carboxylic acids is 1. The van der Waals surface area contributed by atoms with Gasteiger partial charge in [-0.15, -0.1) is 0 Å². The fraction of sp³-hybridized carbons (Fsp3) is 0.368. The van der Waals surface area contributed by atoms with E-state index in [2.05, 4.69) is 0 Å². The Bertz CT molecular complexity index is 1120. The summed E-state index contributed by atoms with van der Waals surface area (Å²) in [5.74, 6) is -7.97. The minimum absolute atomic E-state index is 0.259. The number of halogens is 4. The van der Waals surface area contributed by atoms with Crippen molar-refractivity contribution >= 4 is 23.5 Å². The lowest BCUT2D eigenvalue weighted by molar-refractivity contribution is -0.141. The van der Waals surface area contributed by atoms with Gasteiger partial charge in [-0.3, -0.25) is 9.59 Å². The number of alkyl halides is 3. The summed E-state index contributed by atoms with van der Waals surface area (Å²) in [7, 11) is 0. The number of carbonyl (C=O) groups excluding carboxylic acids is 2. The van der Waals surface area contributed by atoms with Gasteiger partial charge in [0.25, 0.3) is 0 Å². The van der Waals surface area contributed by atoms with Crippen molar-refractivity contribution in [2.24, 2.45) is 11.8 Å². The van der Waals surface area contributed by atoms with Crippen LogP contribution in [0.4, 0.5) is 23.2 Å². The molecular weight excluding hydrogens is 412 g/mol. The van der Waals surface area contributed by atoms with Gasteiger partial charge >= 0.3 is 12.1 Å². The van der Waals surface area contributed by atoms with Crippen LogP contribution in [0.15, 0.2) is 23.8 Å². The third kappa shape index (κ3) is 2.25. The van der Waals surface area contributed by atoms with Crippen LogP contribution in [0.2, 0.25) is 0 Å². The largest absolute Gasteiger partial charge is 0.478 e. The number of ether oxygens (including phenoxy) is 1. The lowest BCUT2D eigenvalue weighted by Crippen LogP contribution is -2.43. The standard InChI is InChI=1S/C19H12F4N2O5/c1-17-5-8(16(28)29)18(2,30-17)12-11(17)14(26)25(15(12)27)9-4-3-7(6-24)10(13(9)20)19(21,22)23/h3-5,11-12H,1-2H3,(H,28,29)/t11-,12+,17-,18+/m1/s1. The first-order chi connectivity index (χ1) is 13.8. The van der Waals surface area contributed by atoms with E-state index in [9.17, 15) is 37.1 Å². The quantitative estimate of drug-likeness (QED) is 0.577. The SMILES string of the molecule is C[C@]12C=C(C(=O)O)[C@](C)(O1)[C@@H]1C(=O)N(c3ccc(C#N)c(C(F)(F)F)c3F)C(=O)[C@@H]12. The first-order valence-corrected chi connectivity index (χ1v) is 8.62. The number of imide groups is 1. The van der Waals surface area contributed by atoms with E-state index in [4.69, 9.17) is 10.00 Å². The Morgan fingerprint density at radius 2 is 1.83 bits per heavy atom. The maximum atomic E-state index is 14.8. The molecule has 2 fully saturated rings. The average Bonchev–Trinajstić information content (AvgIpc) is 3.15. The van der Waals surface area contributed by atoms with Crippen LogP contribution in [0.5, 0.6) is 0 Å². The molecular formula is C19H12F4N2O5. The Morgan fingerprint density at radius 3 is 2.37 bits per heavy atom. The number of nitriles is 1. The Hall–Kier alpha value is -3.26. The van der Waals surface area contributed by atoms with Gasteiger partial charge < -0.3 is 9.84 Å². The third-order valence-corrected chi connectivity index (χ3v) is 5.91. The zero-order valence-electron chi connectivity index (χ0n) is 15.4. The summed E-state index contributed by atoms with van der Waals surface area (Å²) < 4.78 is 60.5. The maximum absolute atomic E-state index is 14.8. The van der Waals surface area contributed by atoms with E-state index in [1.807, 2.05) is 0 Å². The molecule has 0 spiro atoms. The smallest absolute Gasteiger partial charge is 0.420 e. The number of hydrogen-bond acceptors (Lipinski definition) is 5. The minimum atomic E-state index is -5.25.